The van der Waals surface area contributed by atoms with Crippen LogP contribution in [-0.2, 0) is 4.79 Å². The summed E-state index contributed by atoms with van der Waals surface area (Å²) in [5.41, 5.74) is 0.952. The fraction of sp³-hybridized carbons (Fsp3) is 0.316. The van der Waals surface area contributed by atoms with E-state index in [9.17, 15) is 9.18 Å². The zero-order valence-electron chi connectivity index (χ0n) is 13.4. The highest BCUT2D eigenvalue weighted by Gasteiger charge is 2.25. The van der Waals surface area contributed by atoms with Crippen LogP contribution < -0.4 is 10.6 Å². The summed E-state index contributed by atoms with van der Waals surface area (Å²) in [6, 6.07) is 16.2. The number of carbonyl (C=O) groups is 1. The Morgan fingerprint density at radius 3 is 2.58 bits per heavy atom. The highest BCUT2D eigenvalue weighted by atomic mass is 32.2. The van der Waals surface area contributed by atoms with E-state index in [1.807, 2.05) is 30.3 Å². The molecule has 2 aromatic rings. The van der Waals surface area contributed by atoms with Crippen LogP contribution in [0.3, 0.4) is 0 Å². The molecule has 1 aliphatic rings. The van der Waals surface area contributed by atoms with Crippen LogP contribution in [0.1, 0.15) is 23.7 Å². The van der Waals surface area contributed by atoms with E-state index in [0.29, 0.717) is 0 Å². The molecule has 1 saturated heterocycles. The average Bonchev–Trinajstić information content (AvgIpc) is 2.63. The van der Waals surface area contributed by atoms with Crippen molar-refractivity contribution >= 4 is 17.7 Å². The number of rotatable bonds is 5. The lowest BCUT2D eigenvalue weighted by Crippen LogP contribution is -2.46. The first-order chi connectivity index (χ1) is 11.7. The van der Waals surface area contributed by atoms with Crippen LogP contribution in [0.2, 0.25) is 0 Å². The predicted octanol–water partition coefficient (Wildman–Crippen LogP) is 3.53. The molecule has 3 rings (SSSR count). The van der Waals surface area contributed by atoms with Gasteiger partial charge in [0.2, 0.25) is 5.91 Å². The molecule has 24 heavy (non-hydrogen) atoms. The Labute approximate surface area is 146 Å². The molecule has 2 N–H and O–H groups in total. The fourth-order valence-corrected chi connectivity index (χ4v) is 3.84. The zero-order chi connectivity index (χ0) is 16.8. The van der Waals surface area contributed by atoms with Crippen molar-refractivity contribution in [1.29, 1.82) is 0 Å². The number of hydrogen-bond acceptors (Lipinski definition) is 3. The largest absolute Gasteiger partial charge is 0.351 e. The van der Waals surface area contributed by atoms with E-state index in [-0.39, 0.29) is 23.0 Å². The number of piperidine rings is 1. The number of amides is 1. The molecule has 2 atom stereocenters. The maximum Gasteiger partial charge on any atom is 0.238 e. The fourth-order valence-electron chi connectivity index (χ4n) is 2.80. The van der Waals surface area contributed by atoms with Gasteiger partial charge in [0.25, 0.3) is 0 Å². The van der Waals surface area contributed by atoms with Gasteiger partial charge in [0, 0.05) is 17.5 Å². The normalized spacial score (nSPS) is 18.8. The number of benzene rings is 2. The third-order valence-corrected chi connectivity index (χ3v) is 5.32. The van der Waals surface area contributed by atoms with Crippen LogP contribution in [-0.4, -0.2) is 25.0 Å². The molecule has 1 heterocycles. The van der Waals surface area contributed by atoms with E-state index < -0.39 is 0 Å². The predicted molar refractivity (Wildman–Crippen MR) is 95.5 cm³/mol. The molecule has 0 radical (unpaired) electrons. The molecular weight excluding hydrogens is 323 g/mol. The molecule has 1 fully saturated rings. The first kappa shape index (κ1) is 17.0. The third kappa shape index (κ3) is 4.58. The minimum atomic E-state index is -0.349. The molecule has 2 unspecified atom stereocenters. The Kier molecular flexibility index (Phi) is 5.88. The molecular formula is C19H21FN2OS. The molecule has 0 saturated carbocycles. The van der Waals surface area contributed by atoms with Gasteiger partial charge < -0.3 is 10.6 Å². The van der Waals surface area contributed by atoms with Crippen molar-refractivity contribution < 1.29 is 9.18 Å². The summed E-state index contributed by atoms with van der Waals surface area (Å²) in [7, 11) is 0. The van der Waals surface area contributed by atoms with E-state index in [4.69, 9.17) is 0 Å². The van der Waals surface area contributed by atoms with Crippen molar-refractivity contribution in [2.75, 3.05) is 13.1 Å². The average molecular weight is 344 g/mol. The van der Waals surface area contributed by atoms with Gasteiger partial charge in [-0.15, -0.1) is 11.8 Å². The topological polar surface area (TPSA) is 41.1 Å². The summed E-state index contributed by atoms with van der Waals surface area (Å²) in [4.78, 5) is 13.7. The molecule has 3 nitrogen and oxygen atoms in total. The summed E-state index contributed by atoms with van der Waals surface area (Å²) in [5.74, 6) is -0.266. The molecule has 1 amide bonds. The Hall–Kier alpha value is -1.85. The van der Waals surface area contributed by atoms with E-state index in [2.05, 4.69) is 10.6 Å². The highest BCUT2D eigenvalue weighted by Crippen LogP contribution is 2.35. The lowest BCUT2D eigenvalue weighted by atomic mass is 10.1. The molecule has 1 aliphatic heterocycles. The summed E-state index contributed by atoms with van der Waals surface area (Å²) in [5, 5.41) is 6.12. The summed E-state index contributed by atoms with van der Waals surface area (Å²) in [6.07, 6.45) is 2.08. The van der Waals surface area contributed by atoms with Crippen LogP contribution >= 0.6 is 11.8 Å². The minimum Gasteiger partial charge on any atom is -0.351 e. The van der Waals surface area contributed by atoms with Gasteiger partial charge >= 0.3 is 0 Å². The second kappa shape index (κ2) is 8.31. The molecule has 126 valence electrons. The van der Waals surface area contributed by atoms with Crippen LogP contribution in [0.4, 0.5) is 4.39 Å². The molecule has 0 aromatic heterocycles. The minimum absolute atomic E-state index is 0.00391. The number of thioether (sulfide) groups is 1. The first-order valence-corrected chi connectivity index (χ1v) is 9.08. The van der Waals surface area contributed by atoms with Crippen LogP contribution in [0.25, 0.3) is 0 Å². The zero-order valence-corrected chi connectivity index (χ0v) is 14.2. The van der Waals surface area contributed by atoms with Gasteiger partial charge in [-0.25, -0.2) is 4.39 Å². The Bertz CT molecular complexity index is 657. The smallest absolute Gasteiger partial charge is 0.238 e. The van der Waals surface area contributed by atoms with Gasteiger partial charge in [-0.2, -0.15) is 0 Å². The van der Waals surface area contributed by atoms with E-state index in [1.165, 1.54) is 23.9 Å². The first-order valence-electron chi connectivity index (χ1n) is 8.20. The maximum absolute atomic E-state index is 13.1. The van der Waals surface area contributed by atoms with Gasteiger partial charge in [-0.3, -0.25) is 4.79 Å². The quantitative estimate of drug-likeness (QED) is 0.816. The van der Waals surface area contributed by atoms with E-state index >= 15 is 0 Å². The third-order valence-electron chi connectivity index (χ3n) is 4.05. The number of nitrogens with one attached hydrogen (secondary N) is 2. The van der Waals surface area contributed by atoms with Crippen molar-refractivity contribution in [2.45, 2.75) is 29.0 Å². The van der Waals surface area contributed by atoms with E-state index in [0.717, 1.165) is 36.4 Å². The Balaban J connectivity index is 1.76. The second-order valence-corrected chi connectivity index (χ2v) is 7.09. The Morgan fingerprint density at radius 1 is 1.17 bits per heavy atom. The second-order valence-electron chi connectivity index (χ2n) is 5.91. The lowest BCUT2D eigenvalue weighted by molar-refractivity contribution is -0.121. The van der Waals surface area contributed by atoms with Crippen molar-refractivity contribution in [2.24, 2.45) is 0 Å². The van der Waals surface area contributed by atoms with Gasteiger partial charge in [-0.05, 0) is 49.2 Å². The number of hydrogen-bond donors (Lipinski definition) is 2. The summed E-state index contributed by atoms with van der Waals surface area (Å²) in [6.45, 7) is 1.83. The van der Waals surface area contributed by atoms with Crippen molar-refractivity contribution in [3.63, 3.8) is 0 Å². The maximum atomic E-state index is 13.1. The van der Waals surface area contributed by atoms with Crippen molar-refractivity contribution in [3.05, 3.63) is 66.0 Å². The van der Waals surface area contributed by atoms with Crippen molar-refractivity contribution in [3.8, 4) is 0 Å². The number of halogens is 1. The number of carbonyl (C=O) groups excluding carboxylic acids is 1. The van der Waals surface area contributed by atoms with Gasteiger partial charge in [0.05, 0.1) is 0 Å². The Morgan fingerprint density at radius 2 is 1.92 bits per heavy atom. The molecule has 5 heteroatoms. The lowest BCUT2D eigenvalue weighted by Gasteiger charge is -2.26. The summed E-state index contributed by atoms with van der Waals surface area (Å²) < 4.78 is 13.1. The standard InChI is InChI=1S/C19H21FN2OS/c20-15-8-10-17(11-9-15)24-18(14-5-2-1-3-6-14)19(23)22-16-7-4-12-21-13-16/h1-3,5-6,8-11,16,18,21H,4,7,12-13H2,(H,22,23). The van der Waals surface area contributed by atoms with Gasteiger partial charge in [-0.1, -0.05) is 30.3 Å². The SMILES string of the molecule is O=C(NC1CCCNC1)C(Sc1ccc(F)cc1)c1ccccc1. The molecule has 0 spiro atoms. The van der Waals surface area contributed by atoms with Crippen molar-refractivity contribution in [1.82, 2.24) is 10.6 Å². The van der Waals surface area contributed by atoms with E-state index in [1.54, 1.807) is 12.1 Å². The molecule has 0 aliphatic carbocycles. The summed E-state index contributed by atoms with van der Waals surface area (Å²) >= 11 is 1.45. The van der Waals surface area contributed by atoms with Gasteiger partial charge in [0.15, 0.2) is 0 Å². The van der Waals surface area contributed by atoms with Gasteiger partial charge in [0.1, 0.15) is 11.1 Å². The van der Waals surface area contributed by atoms with Crippen LogP contribution in [0.5, 0.6) is 0 Å². The molecule has 2 aromatic carbocycles. The monoisotopic (exact) mass is 344 g/mol. The van der Waals surface area contributed by atoms with Crippen LogP contribution in [0.15, 0.2) is 59.5 Å². The van der Waals surface area contributed by atoms with Crippen LogP contribution in [0, 0.1) is 5.82 Å². The molecule has 0 bridgehead atoms. The highest BCUT2D eigenvalue weighted by molar-refractivity contribution is 8.00.